The molecule has 41 heavy (non-hydrogen) atoms. The summed E-state index contributed by atoms with van der Waals surface area (Å²) >= 11 is 1.48. The summed E-state index contributed by atoms with van der Waals surface area (Å²) in [7, 11) is 2.13. The third-order valence-corrected chi connectivity index (χ3v) is 12.5. The van der Waals surface area contributed by atoms with Crippen molar-refractivity contribution in [2.45, 2.75) is 121 Å². The molecule has 0 unspecified atom stereocenters. The maximum atomic E-state index is 13.0. The molecule has 2 fully saturated rings. The minimum absolute atomic E-state index is 0.108. The summed E-state index contributed by atoms with van der Waals surface area (Å²) in [6.07, 6.45) is 10.4. The molecule has 1 nitrogen and oxygen atoms in total. The van der Waals surface area contributed by atoms with E-state index in [1.807, 2.05) is 0 Å². The summed E-state index contributed by atoms with van der Waals surface area (Å²) in [5.74, 6) is 0.000299. The second-order valence-electron chi connectivity index (χ2n) is 14.1. The van der Waals surface area contributed by atoms with Crippen LogP contribution in [0.5, 0.6) is 0 Å². The van der Waals surface area contributed by atoms with E-state index in [-0.39, 0.29) is 6.42 Å². The second-order valence-corrected chi connectivity index (χ2v) is 15.3. The van der Waals surface area contributed by atoms with Crippen molar-refractivity contribution in [2.24, 2.45) is 23.2 Å². The van der Waals surface area contributed by atoms with Gasteiger partial charge in [-0.25, -0.2) is 0 Å². The summed E-state index contributed by atoms with van der Waals surface area (Å²) in [6.45, 7) is 4.61. The van der Waals surface area contributed by atoms with Crippen molar-refractivity contribution in [1.29, 1.82) is 0 Å². The molecule has 7 heteroatoms. The number of rotatable bonds is 14. The van der Waals surface area contributed by atoms with E-state index >= 15 is 0 Å². The maximum absolute atomic E-state index is 13.0. The Kier molecular flexibility index (Phi) is 10.1. The fourth-order valence-electron chi connectivity index (χ4n) is 8.91. The number of hydrogen-bond acceptors (Lipinski definition) is 2. The molecular weight excluding hydrogens is 549 g/mol. The van der Waals surface area contributed by atoms with Crippen LogP contribution in [0.15, 0.2) is 12.1 Å². The molecule has 5 rings (SSSR count). The van der Waals surface area contributed by atoms with Gasteiger partial charge in [-0.15, -0.1) is 0 Å². The van der Waals surface area contributed by atoms with Gasteiger partial charge >= 0.3 is 12.1 Å². The van der Waals surface area contributed by atoms with Gasteiger partial charge in [-0.3, -0.25) is 0 Å². The van der Waals surface area contributed by atoms with E-state index in [0.717, 1.165) is 48.9 Å². The van der Waals surface area contributed by atoms with Crippen molar-refractivity contribution >= 4 is 11.8 Å². The van der Waals surface area contributed by atoms with Crippen molar-refractivity contribution in [3.8, 4) is 0 Å². The molecule has 0 amide bonds. The quantitative estimate of drug-likeness (QED) is 0.155. The Morgan fingerprint density at radius 3 is 2.37 bits per heavy atom. The number of thioether (sulfide) groups is 1. The second kappa shape index (κ2) is 13.0. The van der Waals surface area contributed by atoms with Crippen LogP contribution in [0.2, 0.25) is 0 Å². The topological polar surface area (TPSA) is 3.24 Å². The van der Waals surface area contributed by atoms with E-state index in [0.29, 0.717) is 11.2 Å². The number of nitrogens with zero attached hydrogens (tertiary/aromatic N) is 1. The van der Waals surface area contributed by atoms with Crippen LogP contribution >= 0.6 is 11.8 Å². The number of aryl methyl sites for hydroxylation is 2. The Hall–Kier alpha value is -0.820. The van der Waals surface area contributed by atoms with Gasteiger partial charge in [-0.2, -0.15) is 33.7 Å². The third kappa shape index (κ3) is 7.13. The minimum atomic E-state index is -5.43. The number of benzene rings is 1. The van der Waals surface area contributed by atoms with Crippen LogP contribution in [-0.2, 0) is 19.3 Å². The number of halogens is 5. The predicted molar refractivity (Wildman–Crippen MR) is 160 cm³/mol. The minimum Gasteiger partial charge on any atom is -0.306 e. The van der Waals surface area contributed by atoms with Crippen LogP contribution in [0.1, 0.15) is 112 Å². The average Bonchev–Trinajstić information content (AvgIpc) is 3.30. The SMILES string of the molecule is CN(CCCCC[C@@H]1Cc2cc3c(cc2[C@H]2CC[C@]4(C)CCC[C@H]4[C@H]12)CC3)CCCSCCCC(F)(F)C(F)(F)F. The zero-order chi connectivity index (χ0) is 29.3. The van der Waals surface area contributed by atoms with Gasteiger partial charge in [0, 0.05) is 6.42 Å². The van der Waals surface area contributed by atoms with Crippen LogP contribution in [0, 0.1) is 23.2 Å². The van der Waals surface area contributed by atoms with Gasteiger partial charge in [-0.1, -0.05) is 38.3 Å². The summed E-state index contributed by atoms with van der Waals surface area (Å²) in [5.41, 5.74) is 7.24. The molecule has 4 aliphatic carbocycles. The van der Waals surface area contributed by atoms with Gasteiger partial charge in [0.25, 0.3) is 0 Å². The molecule has 0 heterocycles. The van der Waals surface area contributed by atoms with Crippen molar-refractivity contribution in [2.75, 3.05) is 31.6 Å². The highest BCUT2D eigenvalue weighted by molar-refractivity contribution is 7.99. The lowest BCUT2D eigenvalue weighted by Gasteiger charge is -2.53. The fraction of sp³-hybridized carbons (Fsp3) is 0.824. The summed E-state index contributed by atoms with van der Waals surface area (Å²) < 4.78 is 62.7. The van der Waals surface area contributed by atoms with E-state index in [1.165, 1.54) is 88.8 Å². The lowest BCUT2D eigenvalue weighted by Crippen LogP contribution is -2.44. The molecule has 4 aliphatic rings. The van der Waals surface area contributed by atoms with Gasteiger partial charge in [0.05, 0.1) is 0 Å². The molecule has 0 saturated heterocycles. The molecule has 1 aromatic rings. The predicted octanol–water partition coefficient (Wildman–Crippen LogP) is 9.85. The Morgan fingerprint density at radius 2 is 1.61 bits per heavy atom. The molecule has 2 saturated carbocycles. The average molecular weight is 600 g/mol. The molecule has 0 radical (unpaired) electrons. The smallest absolute Gasteiger partial charge is 0.306 e. The van der Waals surface area contributed by atoms with E-state index < -0.39 is 18.5 Å². The molecule has 0 bridgehead atoms. The Morgan fingerprint density at radius 1 is 0.878 bits per heavy atom. The van der Waals surface area contributed by atoms with E-state index in [2.05, 4.69) is 31.0 Å². The number of fused-ring (bicyclic) bond motifs is 6. The van der Waals surface area contributed by atoms with Gasteiger partial charge < -0.3 is 4.90 Å². The molecule has 0 spiro atoms. The summed E-state index contributed by atoms with van der Waals surface area (Å²) in [6, 6.07) is 5.21. The largest absolute Gasteiger partial charge is 0.453 e. The highest BCUT2D eigenvalue weighted by atomic mass is 32.2. The number of alkyl halides is 5. The molecular formula is C34H50F5NS. The van der Waals surface area contributed by atoms with Gasteiger partial charge in [-0.05, 0) is 154 Å². The molecule has 0 N–H and O–H groups in total. The molecule has 5 atom stereocenters. The molecule has 0 aliphatic heterocycles. The standard InChI is InChI=1S/C34H50F5NS/c1-32-14-6-10-30(32)31-26(22-27-21-24-11-12-25(24)23-29(27)28(31)13-16-32)9-4-3-5-17-40(2)18-8-20-41-19-7-15-33(35,36)34(37,38)39/h21,23,26,28,30-31H,3-20,22H2,1-2H3/t26-,28-,30+,31-,32+/m1/s1. The Bertz CT molecular complexity index is 1030. The van der Waals surface area contributed by atoms with E-state index in [9.17, 15) is 22.0 Å². The van der Waals surface area contributed by atoms with Crippen LogP contribution in [0.4, 0.5) is 22.0 Å². The first kappa shape index (κ1) is 31.6. The van der Waals surface area contributed by atoms with Crippen LogP contribution < -0.4 is 0 Å². The van der Waals surface area contributed by atoms with Gasteiger partial charge in [0.2, 0.25) is 0 Å². The van der Waals surface area contributed by atoms with Crippen LogP contribution in [0.25, 0.3) is 0 Å². The summed E-state index contributed by atoms with van der Waals surface area (Å²) in [4.78, 5) is 2.34. The lowest BCUT2D eigenvalue weighted by atomic mass is 9.52. The van der Waals surface area contributed by atoms with Crippen molar-refractivity contribution in [1.82, 2.24) is 4.90 Å². The Labute approximate surface area is 248 Å². The fourth-order valence-corrected chi connectivity index (χ4v) is 9.80. The summed E-state index contributed by atoms with van der Waals surface area (Å²) in [5, 5.41) is 0. The van der Waals surface area contributed by atoms with E-state index in [1.54, 1.807) is 22.3 Å². The van der Waals surface area contributed by atoms with Crippen molar-refractivity contribution < 1.29 is 22.0 Å². The highest BCUT2D eigenvalue weighted by Gasteiger charge is 2.56. The zero-order valence-corrected chi connectivity index (χ0v) is 26.0. The highest BCUT2D eigenvalue weighted by Crippen LogP contribution is 2.63. The normalized spacial score (nSPS) is 29.1. The van der Waals surface area contributed by atoms with Crippen molar-refractivity contribution in [3.05, 3.63) is 34.4 Å². The lowest BCUT2D eigenvalue weighted by molar-refractivity contribution is -0.284. The maximum Gasteiger partial charge on any atom is 0.453 e. The molecule has 0 aromatic heterocycles. The zero-order valence-electron chi connectivity index (χ0n) is 25.1. The molecule has 1 aromatic carbocycles. The Balaban J connectivity index is 1.01. The van der Waals surface area contributed by atoms with Crippen LogP contribution in [0.3, 0.4) is 0 Å². The van der Waals surface area contributed by atoms with Crippen LogP contribution in [-0.4, -0.2) is 48.6 Å². The van der Waals surface area contributed by atoms with E-state index in [4.69, 9.17) is 0 Å². The van der Waals surface area contributed by atoms with Gasteiger partial charge in [0.15, 0.2) is 0 Å². The first-order valence-corrected chi connectivity index (χ1v) is 17.5. The van der Waals surface area contributed by atoms with Gasteiger partial charge in [0.1, 0.15) is 0 Å². The monoisotopic (exact) mass is 599 g/mol. The van der Waals surface area contributed by atoms with Crippen molar-refractivity contribution in [3.63, 3.8) is 0 Å². The molecule has 232 valence electrons. The third-order valence-electron chi connectivity index (χ3n) is 11.3. The number of hydrogen-bond donors (Lipinski definition) is 0. The number of unbranched alkanes of at least 4 members (excludes halogenated alkanes) is 2. The first-order valence-electron chi connectivity index (χ1n) is 16.3. The first-order chi connectivity index (χ1) is 19.5.